The molecule has 3 amide bonds. The van der Waals surface area contributed by atoms with E-state index in [4.69, 9.17) is 18.9 Å². The summed E-state index contributed by atoms with van der Waals surface area (Å²) in [6.07, 6.45) is -0.162. The van der Waals surface area contributed by atoms with Crippen LogP contribution in [-0.4, -0.2) is 64.0 Å². The third-order valence-electron chi connectivity index (χ3n) is 11.4. The zero-order valence-electron chi connectivity index (χ0n) is 38.9. The summed E-state index contributed by atoms with van der Waals surface area (Å²) in [5.74, 6) is -3.98. The van der Waals surface area contributed by atoms with Gasteiger partial charge in [0, 0.05) is 37.1 Å². The SMILES string of the molecule is CC(C)(C)OC(=O)N1C(=O)CC[C@H]1C(C)(C)c1ccc(-c2ccccc2)cc1.CC(C)(C)OC(=O)N[C@@H](CC1C(=O)OC(C)(C)OC1=O)C(C)(C)c1ccc(-c2ccccc2)cc1. The predicted molar refractivity (Wildman–Crippen MR) is 243 cm³/mol. The summed E-state index contributed by atoms with van der Waals surface area (Å²) in [6, 6.07) is 35.8. The van der Waals surface area contributed by atoms with E-state index in [1.807, 2.05) is 107 Å². The third-order valence-corrected chi connectivity index (χ3v) is 11.4. The van der Waals surface area contributed by atoms with Crippen molar-refractivity contribution in [2.75, 3.05) is 0 Å². The highest BCUT2D eigenvalue weighted by Crippen LogP contribution is 2.39. The van der Waals surface area contributed by atoms with Crippen molar-refractivity contribution in [1.82, 2.24) is 10.2 Å². The first-order valence-corrected chi connectivity index (χ1v) is 21.6. The number of cyclic esters (lactones) is 2. The van der Waals surface area contributed by atoms with Gasteiger partial charge in [0.05, 0.1) is 6.04 Å². The molecule has 0 saturated carbocycles. The highest BCUT2D eigenvalue weighted by molar-refractivity contribution is 5.97. The molecule has 11 heteroatoms. The topological polar surface area (TPSA) is 138 Å². The number of carbonyl (C=O) groups is 5. The number of amides is 3. The van der Waals surface area contributed by atoms with E-state index in [0.29, 0.717) is 12.8 Å². The Morgan fingerprint density at radius 1 is 0.651 bits per heavy atom. The van der Waals surface area contributed by atoms with Crippen LogP contribution >= 0.6 is 0 Å². The van der Waals surface area contributed by atoms with Gasteiger partial charge in [-0.05, 0) is 87.8 Å². The lowest BCUT2D eigenvalue weighted by atomic mass is 9.74. The van der Waals surface area contributed by atoms with E-state index in [0.717, 1.165) is 27.8 Å². The first-order chi connectivity index (χ1) is 29.3. The number of rotatable bonds is 9. The second kappa shape index (κ2) is 18.8. The number of carbonyl (C=O) groups excluding carboxylic acids is 5. The van der Waals surface area contributed by atoms with Gasteiger partial charge in [0.2, 0.25) is 5.91 Å². The van der Waals surface area contributed by atoms with Crippen molar-refractivity contribution in [3.8, 4) is 22.3 Å². The Bertz CT molecular complexity index is 2220. The maximum absolute atomic E-state index is 12.7. The highest BCUT2D eigenvalue weighted by atomic mass is 16.7. The first-order valence-electron chi connectivity index (χ1n) is 21.6. The molecule has 2 atom stereocenters. The number of ether oxygens (including phenoxy) is 4. The molecule has 0 unspecified atom stereocenters. The van der Waals surface area contributed by atoms with Gasteiger partial charge in [-0.2, -0.15) is 0 Å². The maximum atomic E-state index is 12.7. The van der Waals surface area contributed by atoms with Crippen molar-refractivity contribution in [2.24, 2.45) is 5.92 Å². The lowest BCUT2D eigenvalue weighted by Crippen LogP contribution is -2.53. The van der Waals surface area contributed by atoms with Gasteiger partial charge < -0.3 is 24.3 Å². The molecule has 2 fully saturated rings. The molecule has 2 saturated heterocycles. The first kappa shape index (κ1) is 48.1. The lowest BCUT2D eigenvalue weighted by molar-refractivity contribution is -0.240. The van der Waals surface area contributed by atoms with E-state index < -0.39 is 58.5 Å². The summed E-state index contributed by atoms with van der Waals surface area (Å²) >= 11 is 0. The van der Waals surface area contributed by atoms with Crippen molar-refractivity contribution in [2.45, 2.75) is 142 Å². The second-order valence-electron chi connectivity index (χ2n) is 19.9. The van der Waals surface area contributed by atoms with Gasteiger partial charge in [0.15, 0.2) is 5.92 Å². The van der Waals surface area contributed by atoms with Crippen LogP contribution in [0, 0.1) is 5.92 Å². The zero-order valence-corrected chi connectivity index (χ0v) is 38.9. The van der Waals surface area contributed by atoms with Crippen molar-refractivity contribution in [3.05, 3.63) is 120 Å². The molecule has 0 bridgehead atoms. The molecule has 11 nitrogen and oxygen atoms in total. The normalized spacial score (nSPS) is 17.4. The summed E-state index contributed by atoms with van der Waals surface area (Å²) in [6.45, 7) is 21.9. The number of alkyl carbamates (subject to hydrolysis) is 1. The fourth-order valence-electron chi connectivity index (χ4n) is 7.90. The van der Waals surface area contributed by atoms with Crippen molar-refractivity contribution in [1.29, 1.82) is 0 Å². The van der Waals surface area contributed by atoms with Crippen LogP contribution in [0.4, 0.5) is 9.59 Å². The van der Waals surface area contributed by atoms with E-state index in [2.05, 4.69) is 55.6 Å². The lowest BCUT2D eigenvalue weighted by Gasteiger charge is -2.39. The van der Waals surface area contributed by atoms with Gasteiger partial charge in [-0.25, -0.2) is 14.5 Å². The molecule has 2 heterocycles. The number of hydrogen-bond acceptors (Lipinski definition) is 9. The average Bonchev–Trinajstić information content (AvgIpc) is 3.60. The summed E-state index contributed by atoms with van der Waals surface area (Å²) in [7, 11) is 0. The number of esters is 2. The Morgan fingerprint density at radius 3 is 1.52 bits per heavy atom. The van der Waals surface area contributed by atoms with Crippen LogP contribution in [0.3, 0.4) is 0 Å². The largest absolute Gasteiger partial charge is 0.444 e. The Hall–Kier alpha value is -5.97. The summed E-state index contributed by atoms with van der Waals surface area (Å²) in [5, 5.41) is 2.89. The minimum absolute atomic E-state index is 0.000423. The molecule has 2 aliphatic rings. The van der Waals surface area contributed by atoms with E-state index >= 15 is 0 Å². The van der Waals surface area contributed by atoms with Gasteiger partial charge in [-0.1, -0.05) is 137 Å². The molecule has 6 rings (SSSR count). The standard InChI is InChI=1S/C28H35NO6.C24H29NO3/c1-26(2,3)35-25(32)29-22(17-21-23(30)33-28(6,7)34-24(21)31)27(4,5)20-15-13-19(14-16-20)18-11-9-8-10-12-18;1-23(2,3)28-22(27)25-20(15-16-21(25)26)24(4,5)19-13-11-18(12-14-19)17-9-7-6-8-10-17/h8-16,21-22H,17H2,1-7H3,(H,29,32);6-14,20H,15-16H2,1-5H3/t22-;20-/m00/s1. The number of nitrogens with one attached hydrogen (secondary N) is 1. The molecule has 4 aromatic carbocycles. The molecular formula is C52H64N2O9. The smallest absolute Gasteiger partial charge is 0.417 e. The second-order valence-corrected chi connectivity index (χ2v) is 19.9. The minimum atomic E-state index is -1.32. The third kappa shape index (κ3) is 12.4. The van der Waals surface area contributed by atoms with Gasteiger partial charge in [-0.3, -0.25) is 14.4 Å². The highest BCUT2D eigenvalue weighted by Gasteiger charge is 2.48. The molecule has 4 aromatic rings. The molecule has 0 aliphatic carbocycles. The van der Waals surface area contributed by atoms with Gasteiger partial charge in [0.25, 0.3) is 5.79 Å². The molecule has 0 radical (unpaired) electrons. The molecule has 1 N–H and O–H groups in total. The van der Waals surface area contributed by atoms with E-state index in [1.165, 1.54) is 24.3 Å². The number of likely N-dealkylation sites (tertiary alicyclic amines) is 1. The van der Waals surface area contributed by atoms with E-state index in [1.54, 1.807) is 20.8 Å². The van der Waals surface area contributed by atoms with Crippen LogP contribution in [0.1, 0.15) is 113 Å². The van der Waals surface area contributed by atoms with Gasteiger partial charge in [-0.15, -0.1) is 0 Å². The Balaban J connectivity index is 0.000000243. The van der Waals surface area contributed by atoms with Crippen LogP contribution in [0.5, 0.6) is 0 Å². The summed E-state index contributed by atoms with van der Waals surface area (Å²) in [5.41, 5.74) is 4.10. The number of imide groups is 1. The summed E-state index contributed by atoms with van der Waals surface area (Å²) in [4.78, 5) is 64.5. The molecule has 63 heavy (non-hydrogen) atoms. The molecule has 2 aliphatic heterocycles. The Morgan fingerprint density at radius 2 is 1.08 bits per heavy atom. The molecular weight excluding hydrogens is 797 g/mol. The van der Waals surface area contributed by atoms with E-state index in [9.17, 15) is 24.0 Å². The monoisotopic (exact) mass is 860 g/mol. The van der Waals surface area contributed by atoms with Crippen LogP contribution in [0.25, 0.3) is 22.3 Å². The van der Waals surface area contributed by atoms with Crippen LogP contribution in [0.2, 0.25) is 0 Å². The predicted octanol–water partition coefficient (Wildman–Crippen LogP) is 10.9. The average molecular weight is 861 g/mol. The summed E-state index contributed by atoms with van der Waals surface area (Å²) < 4.78 is 21.6. The van der Waals surface area contributed by atoms with Crippen molar-refractivity contribution in [3.63, 3.8) is 0 Å². The fourth-order valence-corrected chi connectivity index (χ4v) is 7.90. The van der Waals surface area contributed by atoms with Gasteiger partial charge >= 0.3 is 24.1 Å². The minimum Gasteiger partial charge on any atom is -0.444 e. The zero-order chi connectivity index (χ0) is 46.5. The maximum Gasteiger partial charge on any atom is 0.417 e. The van der Waals surface area contributed by atoms with Crippen molar-refractivity contribution >= 4 is 30.0 Å². The van der Waals surface area contributed by atoms with E-state index in [-0.39, 0.29) is 23.8 Å². The van der Waals surface area contributed by atoms with Crippen molar-refractivity contribution < 1.29 is 42.9 Å². The molecule has 336 valence electrons. The fraction of sp³-hybridized carbons (Fsp3) is 0.442. The number of nitrogens with zero attached hydrogens (tertiary/aromatic N) is 1. The Labute approximate surface area is 372 Å². The Kier molecular flexibility index (Phi) is 14.3. The molecule has 0 spiro atoms. The quantitative estimate of drug-likeness (QED) is 0.0990. The van der Waals surface area contributed by atoms with Gasteiger partial charge in [0.1, 0.15) is 11.2 Å². The van der Waals surface area contributed by atoms with Crippen LogP contribution in [-0.2, 0) is 44.2 Å². The molecule has 0 aromatic heterocycles. The van der Waals surface area contributed by atoms with Crippen LogP contribution < -0.4 is 5.32 Å². The van der Waals surface area contributed by atoms with Crippen LogP contribution in [0.15, 0.2) is 109 Å². The number of hydrogen-bond donors (Lipinski definition) is 1. The number of benzene rings is 4.